The molecule has 3 amide bonds. The molecule has 17 heavy (non-hydrogen) atoms. The number of primary amides is 1. The normalized spacial score (nSPS) is 11.6. The second-order valence-corrected chi connectivity index (χ2v) is 3.73. The number of carboxylic acid groups (broad SMARTS) is 1. The number of aliphatic carboxylic acids is 1. The molecule has 0 aliphatic heterocycles. The molecule has 1 unspecified atom stereocenters. The van der Waals surface area contributed by atoms with Gasteiger partial charge in [0.25, 0.3) is 0 Å². The molecule has 0 aliphatic rings. The molecule has 0 radical (unpaired) electrons. The first-order valence-electron chi connectivity index (χ1n) is 5.49. The van der Waals surface area contributed by atoms with Gasteiger partial charge in [-0.25, -0.2) is 4.79 Å². The minimum Gasteiger partial charge on any atom is -0.481 e. The number of carboxylic acids is 1. The van der Waals surface area contributed by atoms with Gasteiger partial charge in [0, 0.05) is 13.0 Å². The molecule has 5 N–H and O–H groups in total. The first-order chi connectivity index (χ1) is 7.93. The van der Waals surface area contributed by atoms with Crippen LogP contribution in [0.5, 0.6) is 0 Å². The first-order valence-corrected chi connectivity index (χ1v) is 5.49. The molecule has 98 valence electrons. The van der Waals surface area contributed by atoms with Gasteiger partial charge in [0.15, 0.2) is 0 Å². The van der Waals surface area contributed by atoms with E-state index < -0.39 is 18.0 Å². The zero-order valence-electron chi connectivity index (χ0n) is 9.86. The van der Waals surface area contributed by atoms with E-state index in [0.717, 1.165) is 6.42 Å². The smallest absolute Gasteiger partial charge is 0.312 e. The molecule has 0 aromatic heterocycles. The van der Waals surface area contributed by atoms with E-state index >= 15 is 0 Å². The van der Waals surface area contributed by atoms with Gasteiger partial charge >= 0.3 is 12.0 Å². The van der Waals surface area contributed by atoms with Crippen LogP contribution in [-0.2, 0) is 9.59 Å². The van der Waals surface area contributed by atoms with Crippen LogP contribution in [0.1, 0.15) is 32.6 Å². The molecular weight excluding hydrogens is 226 g/mol. The van der Waals surface area contributed by atoms with E-state index in [0.29, 0.717) is 19.4 Å². The largest absolute Gasteiger partial charge is 0.481 e. The summed E-state index contributed by atoms with van der Waals surface area (Å²) >= 11 is 0. The average molecular weight is 245 g/mol. The lowest BCUT2D eigenvalue weighted by Gasteiger charge is -2.12. The third-order valence-corrected chi connectivity index (χ3v) is 2.12. The molecular formula is C10H19N3O4. The number of hydrogen-bond acceptors (Lipinski definition) is 3. The number of unbranched alkanes of at least 4 members (excludes halogenated alkanes) is 2. The van der Waals surface area contributed by atoms with Gasteiger partial charge in [-0.1, -0.05) is 6.42 Å². The highest BCUT2D eigenvalue weighted by atomic mass is 16.4. The van der Waals surface area contributed by atoms with Gasteiger partial charge in [0.05, 0.1) is 0 Å². The number of rotatable bonds is 8. The minimum absolute atomic E-state index is 0.146. The van der Waals surface area contributed by atoms with E-state index in [4.69, 9.17) is 10.8 Å². The van der Waals surface area contributed by atoms with Crippen LogP contribution < -0.4 is 16.4 Å². The van der Waals surface area contributed by atoms with Crippen molar-refractivity contribution < 1.29 is 19.5 Å². The summed E-state index contributed by atoms with van der Waals surface area (Å²) in [5, 5.41) is 13.3. The van der Waals surface area contributed by atoms with Crippen molar-refractivity contribution in [1.82, 2.24) is 10.6 Å². The number of carbonyl (C=O) groups is 3. The van der Waals surface area contributed by atoms with Crippen molar-refractivity contribution in [3.8, 4) is 0 Å². The summed E-state index contributed by atoms with van der Waals surface area (Å²) in [7, 11) is 0. The highest BCUT2D eigenvalue weighted by Crippen LogP contribution is 1.98. The summed E-state index contributed by atoms with van der Waals surface area (Å²) in [6.07, 6.45) is 2.19. The summed E-state index contributed by atoms with van der Waals surface area (Å²) in [5.41, 5.74) is 4.87. The van der Waals surface area contributed by atoms with Crippen molar-refractivity contribution in [3.63, 3.8) is 0 Å². The predicted octanol–water partition coefficient (Wildman–Crippen LogP) is -0.196. The van der Waals surface area contributed by atoms with E-state index in [1.54, 1.807) is 0 Å². The standard InChI is InChI=1S/C10H19N3O4/c1-7(13-10(11)17)9(16)12-6-4-2-3-5-8(14)15/h7H,2-6H2,1H3,(H,12,16)(H,14,15)(H3,11,13,17). The molecule has 0 aliphatic carbocycles. The lowest BCUT2D eigenvalue weighted by atomic mass is 10.2. The molecule has 0 fully saturated rings. The number of urea groups is 1. The maximum Gasteiger partial charge on any atom is 0.312 e. The van der Waals surface area contributed by atoms with Gasteiger partial charge in [-0.2, -0.15) is 0 Å². The van der Waals surface area contributed by atoms with E-state index in [-0.39, 0.29) is 12.3 Å². The van der Waals surface area contributed by atoms with Crippen LogP contribution in [0, 0.1) is 0 Å². The Bertz CT molecular complexity index is 281. The zero-order valence-corrected chi connectivity index (χ0v) is 9.86. The van der Waals surface area contributed by atoms with E-state index in [1.165, 1.54) is 6.92 Å². The number of amides is 3. The van der Waals surface area contributed by atoms with E-state index in [2.05, 4.69) is 10.6 Å². The van der Waals surface area contributed by atoms with E-state index in [1.807, 2.05) is 0 Å². The predicted molar refractivity (Wildman–Crippen MR) is 61.3 cm³/mol. The van der Waals surface area contributed by atoms with Crippen molar-refractivity contribution in [2.45, 2.75) is 38.6 Å². The molecule has 0 heterocycles. The van der Waals surface area contributed by atoms with Crippen LogP contribution in [0.3, 0.4) is 0 Å². The van der Waals surface area contributed by atoms with Crippen LogP contribution in [0.4, 0.5) is 4.79 Å². The number of carbonyl (C=O) groups excluding carboxylic acids is 2. The van der Waals surface area contributed by atoms with Crippen molar-refractivity contribution in [3.05, 3.63) is 0 Å². The Morgan fingerprint density at radius 1 is 1.24 bits per heavy atom. The number of nitrogens with one attached hydrogen (secondary N) is 2. The number of nitrogens with two attached hydrogens (primary N) is 1. The van der Waals surface area contributed by atoms with Crippen LogP contribution in [-0.4, -0.2) is 35.6 Å². The topological polar surface area (TPSA) is 122 Å². The Hall–Kier alpha value is -1.79. The van der Waals surface area contributed by atoms with Gasteiger partial charge in [0.2, 0.25) is 5.91 Å². The van der Waals surface area contributed by atoms with Gasteiger partial charge in [-0.05, 0) is 19.8 Å². The highest BCUT2D eigenvalue weighted by molar-refractivity contribution is 5.86. The van der Waals surface area contributed by atoms with Crippen LogP contribution >= 0.6 is 0 Å². The Balaban J connectivity index is 3.51. The fourth-order valence-electron chi connectivity index (χ4n) is 1.22. The second kappa shape index (κ2) is 8.37. The molecule has 0 bridgehead atoms. The molecule has 0 saturated carbocycles. The maximum atomic E-state index is 11.3. The van der Waals surface area contributed by atoms with Gasteiger partial charge < -0.3 is 21.5 Å². The quantitative estimate of drug-likeness (QED) is 0.442. The highest BCUT2D eigenvalue weighted by Gasteiger charge is 2.12. The molecule has 0 spiro atoms. The summed E-state index contributed by atoms with van der Waals surface area (Å²) in [6, 6.07) is -1.40. The van der Waals surface area contributed by atoms with Gasteiger partial charge in [0.1, 0.15) is 6.04 Å². The Morgan fingerprint density at radius 3 is 2.41 bits per heavy atom. The third kappa shape index (κ3) is 9.16. The number of hydrogen-bond donors (Lipinski definition) is 4. The van der Waals surface area contributed by atoms with E-state index in [9.17, 15) is 14.4 Å². The molecule has 0 aromatic rings. The molecule has 0 aromatic carbocycles. The summed E-state index contributed by atoms with van der Waals surface area (Å²) in [5.74, 6) is -1.12. The Kier molecular flexibility index (Phi) is 7.49. The monoisotopic (exact) mass is 245 g/mol. The van der Waals surface area contributed by atoms with Crippen LogP contribution in [0.2, 0.25) is 0 Å². The summed E-state index contributed by atoms with van der Waals surface area (Å²) < 4.78 is 0. The average Bonchev–Trinajstić information content (AvgIpc) is 2.21. The fraction of sp³-hybridized carbons (Fsp3) is 0.700. The summed E-state index contributed by atoms with van der Waals surface area (Å²) in [6.45, 7) is 1.99. The Morgan fingerprint density at radius 2 is 1.88 bits per heavy atom. The van der Waals surface area contributed by atoms with Crippen molar-refractivity contribution >= 4 is 17.9 Å². The van der Waals surface area contributed by atoms with Crippen molar-refractivity contribution in [1.29, 1.82) is 0 Å². The second-order valence-electron chi connectivity index (χ2n) is 3.73. The molecule has 1 atom stereocenters. The molecule has 7 nitrogen and oxygen atoms in total. The molecule has 0 saturated heterocycles. The van der Waals surface area contributed by atoms with Crippen LogP contribution in [0.15, 0.2) is 0 Å². The maximum absolute atomic E-state index is 11.3. The third-order valence-electron chi connectivity index (χ3n) is 2.12. The van der Waals surface area contributed by atoms with Gasteiger partial charge in [-0.3, -0.25) is 9.59 Å². The lowest BCUT2D eigenvalue weighted by molar-refractivity contribution is -0.137. The minimum atomic E-state index is -0.812. The lowest BCUT2D eigenvalue weighted by Crippen LogP contribution is -2.46. The van der Waals surface area contributed by atoms with Crippen molar-refractivity contribution in [2.24, 2.45) is 5.73 Å². The fourth-order valence-corrected chi connectivity index (χ4v) is 1.22. The van der Waals surface area contributed by atoms with Crippen LogP contribution in [0.25, 0.3) is 0 Å². The van der Waals surface area contributed by atoms with Gasteiger partial charge in [-0.15, -0.1) is 0 Å². The zero-order chi connectivity index (χ0) is 13.3. The molecule has 7 heteroatoms. The molecule has 0 rings (SSSR count). The first kappa shape index (κ1) is 15.2. The summed E-state index contributed by atoms with van der Waals surface area (Å²) in [4.78, 5) is 32.0. The SMILES string of the molecule is CC(NC(N)=O)C(=O)NCCCCCC(=O)O. The Labute approximate surface area is 99.7 Å². The van der Waals surface area contributed by atoms with Crippen molar-refractivity contribution in [2.75, 3.05) is 6.54 Å².